The molecule has 0 fully saturated rings. The molecule has 0 aromatic heterocycles. The molecule has 0 atom stereocenters. The second-order valence-electron chi connectivity index (χ2n) is 4.87. The van der Waals surface area contributed by atoms with Crippen molar-refractivity contribution in [2.24, 2.45) is 0 Å². The number of ether oxygens (including phenoxy) is 1. The minimum atomic E-state index is -0.389. The lowest BCUT2D eigenvalue weighted by atomic mass is 9.90. The summed E-state index contributed by atoms with van der Waals surface area (Å²) >= 11 is 0. The molecule has 0 unspecified atom stereocenters. The number of carbonyl (C=O) groups excluding carboxylic acids is 2. The predicted octanol–water partition coefficient (Wildman–Crippen LogP) is 2.50. The van der Waals surface area contributed by atoms with Crippen LogP contribution in [0.3, 0.4) is 0 Å². The Morgan fingerprint density at radius 3 is 1.91 bits per heavy atom. The fourth-order valence-corrected chi connectivity index (χ4v) is 2.28. The summed E-state index contributed by atoms with van der Waals surface area (Å²) in [7, 11) is 1.33. The first-order valence-corrected chi connectivity index (χ1v) is 7.17. The minimum absolute atomic E-state index is 0.124. The molecule has 4 heteroatoms. The van der Waals surface area contributed by atoms with Gasteiger partial charge in [0.2, 0.25) is 5.91 Å². The molecule has 22 heavy (non-hydrogen) atoms. The van der Waals surface area contributed by atoms with Gasteiger partial charge in [-0.25, -0.2) is 0 Å². The highest BCUT2D eigenvalue weighted by Crippen LogP contribution is 2.24. The maximum absolute atomic E-state index is 12.6. The summed E-state index contributed by atoms with van der Waals surface area (Å²) in [6, 6.07) is 19.2. The number of hydrogen-bond acceptors (Lipinski definition) is 3. The Morgan fingerprint density at radius 2 is 1.45 bits per heavy atom. The largest absolute Gasteiger partial charge is 0.469 e. The molecule has 0 radical (unpaired) electrons. The van der Waals surface area contributed by atoms with Crippen molar-refractivity contribution in [1.29, 1.82) is 0 Å². The van der Waals surface area contributed by atoms with E-state index in [1.165, 1.54) is 7.11 Å². The standard InChI is InChI=1S/C18H19NO3/c1-22-16(20)12-13-19-18(21)17(14-8-4-2-5-9-14)15-10-6-3-7-11-15/h2-11,17H,12-13H2,1H3,(H,19,21). The average molecular weight is 297 g/mol. The Kier molecular flexibility index (Phi) is 5.72. The normalized spacial score (nSPS) is 10.3. The van der Waals surface area contributed by atoms with Gasteiger partial charge in [0.25, 0.3) is 0 Å². The second kappa shape index (κ2) is 7.98. The van der Waals surface area contributed by atoms with Gasteiger partial charge < -0.3 is 10.1 Å². The predicted molar refractivity (Wildman–Crippen MR) is 84.4 cm³/mol. The van der Waals surface area contributed by atoms with Crippen LogP contribution in [0.15, 0.2) is 60.7 Å². The number of amides is 1. The van der Waals surface area contributed by atoms with Crippen LogP contribution in [0.5, 0.6) is 0 Å². The zero-order chi connectivity index (χ0) is 15.8. The maximum Gasteiger partial charge on any atom is 0.307 e. The molecule has 0 heterocycles. The third-order valence-corrected chi connectivity index (χ3v) is 3.38. The first-order valence-electron chi connectivity index (χ1n) is 7.17. The average Bonchev–Trinajstić information content (AvgIpc) is 2.57. The molecule has 1 N–H and O–H groups in total. The molecule has 1 amide bonds. The Hall–Kier alpha value is -2.62. The van der Waals surface area contributed by atoms with E-state index >= 15 is 0 Å². The number of benzene rings is 2. The Balaban J connectivity index is 2.15. The topological polar surface area (TPSA) is 55.4 Å². The van der Waals surface area contributed by atoms with Crippen LogP contribution < -0.4 is 5.32 Å². The fraction of sp³-hybridized carbons (Fsp3) is 0.222. The van der Waals surface area contributed by atoms with Gasteiger partial charge in [0, 0.05) is 6.54 Å². The summed E-state index contributed by atoms with van der Waals surface area (Å²) in [5.41, 5.74) is 1.84. The SMILES string of the molecule is COC(=O)CCNC(=O)C(c1ccccc1)c1ccccc1. The fourth-order valence-electron chi connectivity index (χ4n) is 2.28. The molecular formula is C18H19NO3. The summed E-state index contributed by atoms with van der Waals surface area (Å²) in [5.74, 6) is -0.849. The van der Waals surface area contributed by atoms with Gasteiger partial charge in [-0.1, -0.05) is 60.7 Å². The highest BCUT2D eigenvalue weighted by molar-refractivity contribution is 5.87. The van der Waals surface area contributed by atoms with Crippen molar-refractivity contribution in [2.45, 2.75) is 12.3 Å². The zero-order valence-electron chi connectivity index (χ0n) is 12.5. The third-order valence-electron chi connectivity index (χ3n) is 3.38. The lowest BCUT2D eigenvalue weighted by molar-refractivity contribution is -0.140. The van der Waals surface area contributed by atoms with E-state index in [4.69, 9.17) is 0 Å². The van der Waals surface area contributed by atoms with Gasteiger partial charge in [0.05, 0.1) is 19.4 Å². The molecular weight excluding hydrogens is 278 g/mol. The molecule has 0 aliphatic carbocycles. The highest BCUT2D eigenvalue weighted by atomic mass is 16.5. The molecule has 2 rings (SSSR count). The van der Waals surface area contributed by atoms with Crippen LogP contribution in [0.25, 0.3) is 0 Å². The first-order chi connectivity index (χ1) is 10.7. The summed E-state index contributed by atoms with van der Waals surface area (Å²) in [5, 5.41) is 2.81. The van der Waals surface area contributed by atoms with Crippen LogP contribution in [-0.4, -0.2) is 25.5 Å². The number of hydrogen-bond donors (Lipinski definition) is 1. The van der Waals surface area contributed by atoms with E-state index in [1.54, 1.807) is 0 Å². The van der Waals surface area contributed by atoms with Gasteiger partial charge in [0.1, 0.15) is 0 Å². The molecule has 0 aliphatic rings. The molecule has 2 aromatic carbocycles. The van der Waals surface area contributed by atoms with Crippen LogP contribution in [0, 0.1) is 0 Å². The molecule has 114 valence electrons. The Bertz CT molecular complexity index is 571. The molecule has 0 saturated heterocycles. The van der Waals surface area contributed by atoms with Crippen molar-refractivity contribution >= 4 is 11.9 Å². The van der Waals surface area contributed by atoms with E-state index in [0.29, 0.717) is 0 Å². The van der Waals surface area contributed by atoms with Crippen LogP contribution in [0.2, 0.25) is 0 Å². The number of methoxy groups -OCH3 is 1. The van der Waals surface area contributed by atoms with Gasteiger partial charge in [-0.3, -0.25) is 9.59 Å². The smallest absolute Gasteiger partial charge is 0.307 e. The van der Waals surface area contributed by atoms with Gasteiger partial charge >= 0.3 is 5.97 Å². The first kappa shape index (κ1) is 15.8. The van der Waals surface area contributed by atoms with Crippen LogP contribution >= 0.6 is 0 Å². The van der Waals surface area contributed by atoms with Gasteiger partial charge in [-0.05, 0) is 11.1 Å². The molecule has 4 nitrogen and oxygen atoms in total. The van der Waals surface area contributed by atoms with Crippen LogP contribution in [0.1, 0.15) is 23.5 Å². The summed E-state index contributed by atoms with van der Waals surface area (Å²) < 4.78 is 4.57. The van der Waals surface area contributed by atoms with Crippen molar-refractivity contribution < 1.29 is 14.3 Å². The summed E-state index contributed by atoms with van der Waals surface area (Å²) in [6.07, 6.45) is 0.165. The molecule has 0 aliphatic heterocycles. The van der Waals surface area contributed by atoms with Gasteiger partial charge in [0.15, 0.2) is 0 Å². The van der Waals surface area contributed by atoms with E-state index in [-0.39, 0.29) is 30.8 Å². The number of esters is 1. The van der Waals surface area contributed by atoms with Crippen LogP contribution in [-0.2, 0) is 14.3 Å². The van der Waals surface area contributed by atoms with Crippen molar-refractivity contribution in [3.8, 4) is 0 Å². The minimum Gasteiger partial charge on any atom is -0.469 e. The Morgan fingerprint density at radius 1 is 0.955 bits per heavy atom. The van der Waals surface area contributed by atoms with Crippen molar-refractivity contribution in [3.63, 3.8) is 0 Å². The zero-order valence-corrected chi connectivity index (χ0v) is 12.5. The van der Waals surface area contributed by atoms with E-state index in [2.05, 4.69) is 10.1 Å². The van der Waals surface area contributed by atoms with E-state index in [1.807, 2.05) is 60.7 Å². The molecule has 0 bridgehead atoms. The molecule has 0 spiro atoms. The molecule has 0 saturated carbocycles. The highest BCUT2D eigenvalue weighted by Gasteiger charge is 2.22. The van der Waals surface area contributed by atoms with Crippen molar-refractivity contribution in [1.82, 2.24) is 5.32 Å². The number of nitrogens with one attached hydrogen (secondary N) is 1. The Labute approximate surface area is 130 Å². The maximum atomic E-state index is 12.6. The van der Waals surface area contributed by atoms with Crippen molar-refractivity contribution in [3.05, 3.63) is 71.8 Å². The third kappa shape index (κ3) is 4.19. The van der Waals surface area contributed by atoms with Crippen molar-refractivity contribution in [2.75, 3.05) is 13.7 Å². The number of carbonyl (C=O) groups is 2. The van der Waals surface area contributed by atoms with Gasteiger partial charge in [-0.2, -0.15) is 0 Å². The summed E-state index contributed by atoms with van der Waals surface area (Å²) in [6.45, 7) is 0.266. The lowest BCUT2D eigenvalue weighted by Crippen LogP contribution is -2.31. The van der Waals surface area contributed by atoms with E-state index in [0.717, 1.165) is 11.1 Å². The number of rotatable bonds is 6. The van der Waals surface area contributed by atoms with Crippen LogP contribution in [0.4, 0.5) is 0 Å². The lowest BCUT2D eigenvalue weighted by Gasteiger charge is -2.17. The van der Waals surface area contributed by atoms with Gasteiger partial charge in [-0.15, -0.1) is 0 Å². The monoisotopic (exact) mass is 297 g/mol. The summed E-state index contributed by atoms with van der Waals surface area (Å²) in [4.78, 5) is 23.7. The quantitative estimate of drug-likeness (QED) is 0.833. The second-order valence-corrected chi connectivity index (χ2v) is 4.87. The van der Waals surface area contributed by atoms with E-state index < -0.39 is 0 Å². The molecule has 2 aromatic rings. The van der Waals surface area contributed by atoms with E-state index in [9.17, 15) is 9.59 Å².